The Hall–Kier alpha value is -2.72. The van der Waals surface area contributed by atoms with Crippen LogP contribution in [0.2, 0.25) is 0 Å². The van der Waals surface area contributed by atoms with Crippen LogP contribution < -0.4 is 4.74 Å². The molecule has 0 spiro atoms. The molecule has 0 saturated carbocycles. The maximum absolute atomic E-state index is 12.2. The first kappa shape index (κ1) is 20.5. The van der Waals surface area contributed by atoms with Crippen LogP contribution in [0, 0.1) is 5.92 Å². The van der Waals surface area contributed by atoms with Crippen LogP contribution >= 0.6 is 12.0 Å². The summed E-state index contributed by atoms with van der Waals surface area (Å²) < 4.78 is 11.8. The van der Waals surface area contributed by atoms with Crippen molar-refractivity contribution in [2.24, 2.45) is 5.92 Å². The van der Waals surface area contributed by atoms with Crippen molar-refractivity contribution in [3.63, 3.8) is 0 Å². The van der Waals surface area contributed by atoms with Crippen molar-refractivity contribution in [1.82, 2.24) is 0 Å². The zero-order valence-electron chi connectivity index (χ0n) is 17.6. The van der Waals surface area contributed by atoms with Gasteiger partial charge < -0.3 is 8.92 Å². The van der Waals surface area contributed by atoms with Crippen molar-refractivity contribution in [3.8, 4) is 22.6 Å². The zero-order valence-corrected chi connectivity index (χ0v) is 18.4. The van der Waals surface area contributed by atoms with Gasteiger partial charge in [0.1, 0.15) is 11.5 Å². The van der Waals surface area contributed by atoms with Gasteiger partial charge in [-0.3, -0.25) is 4.79 Å². The van der Waals surface area contributed by atoms with E-state index >= 15 is 0 Å². The van der Waals surface area contributed by atoms with Crippen molar-refractivity contribution in [3.05, 3.63) is 77.4 Å². The molecule has 0 amide bonds. The largest absolute Gasteiger partial charge is 0.457 e. The van der Waals surface area contributed by atoms with E-state index in [9.17, 15) is 4.79 Å². The van der Waals surface area contributed by atoms with Gasteiger partial charge in [0.15, 0.2) is 0 Å². The van der Waals surface area contributed by atoms with E-state index in [1.807, 2.05) is 44.2 Å². The summed E-state index contributed by atoms with van der Waals surface area (Å²) in [5, 5.41) is 0. The number of fused-ring (bicyclic) bond motifs is 2. The SMILES string of the molecule is CCc1ccc2c(c1-c1ccccc1SOC(=O)C(C)CC)Cc1ccccc1O2. The molecule has 0 radical (unpaired) electrons. The van der Waals surface area contributed by atoms with E-state index in [1.54, 1.807) is 0 Å². The standard InChI is InChI=1S/C26H26O3S/c1-4-17(3)26(27)29-30-24-13-9-7-11-20(24)25-18(5-2)14-15-23-21(25)16-19-10-6-8-12-22(19)28-23/h6-15,17H,4-5,16H2,1-3H3. The Kier molecular flexibility index (Phi) is 6.14. The van der Waals surface area contributed by atoms with Crippen molar-refractivity contribution < 1.29 is 13.7 Å². The van der Waals surface area contributed by atoms with Crippen molar-refractivity contribution >= 4 is 18.0 Å². The van der Waals surface area contributed by atoms with E-state index in [2.05, 4.69) is 37.3 Å². The molecule has 0 N–H and O–H groups in total. The molecule has 3 aromatic rings. The summed E-state index contributed by atoms with van der Waals surface area (Å²) in [6.07, 6.45) is 2.50. The maximum Gasteiger partial charge on any atom is 0.321 e. The van der Waals surface area contributed by atoms with Crippen molar-refractivity contribution in [2.75, 3.05) is 0 Å². The van der Waals surface area contributed by atoms with E-state index in [4.69, 9.17) is 8.92 Å². The lowest BCUT2D eigenvalue weighted by Gasteiger charge is -2.25. The summed E-state index contributed by atoms with van der Waals surface area (Å²) in [5.74, 6) is 1.54. The van der Waals surface area contributed by atoms with Crippen LogP contribution in [-0.4, -0.2) is 5.97 Å². The van der Waals surface area contributed by atoms with Gasteiger partial charge in [-0.05, 0) is 53.3 Å². The molecule has 30 heavy (non-hydrogen) atoms. The second kappa shape index (κ2) is 8.97. The quantitative estimate of drug-likeness (QED) is 0.310. The number of rotatable bonds is 6. The monoisotopic (exact) mass is 418 g/mol. The molecule has 0 bridgehead atoms. The number of carbonyl (C=O) groups is 1. The van der Waals surface area contributed by atoms with E-state index in [0.29, 0.717) is 0 Å². The lowest BCUT2D eigenvalue weighted by molar-refractivity contribution is -0.137. The minimum Gasteiger partial charge on any atom is -0.457 e. The Morgan fingerprint density at radius 3 is 2.60 bits per heavy atom. The van der Waals surface area contributed by atoms with E-state index in [0.717, 1.165) is 53.3 Å². The fraction of sp³-hybridized carbons (Fsp3) is 0.269. The minimum atomic E-state index is -0.180. The van der Waals surface area contributed by atoms with Gasteiger partial charge in [-0.25, -0.2) is 0 Å². The summed E-state index contributed by atoms with van der Waals surface area (Å²) in [6, 6.07) is 20.6. The fourth-order valence-electron chi connectivity index (χ4n) is 3.72. The summed E-state index contributed by atoms with van der Waals surface area (Å²) in [5.41, 5.74) is 5.91. The van der Waals surface area contributed by atoms with Gasteiger partial charge in [0, 0.05) is 12.0 Å². The molecule has 1 atom stereocenters. The molecule has 1 aliphatic heterocycles. The summed E-state index contributed by atoms with van der Waals surface area (Å²) >= 11 is 1.16. The molecule has 0 aliphatic carbocycles. The highest BCUT2D eigenvalue weighted by Gasteiger charge is 2.24. The Balaban J connectivity index is 1.76. The third-order valence-corrected chi connectivity index (χ3v) is 6.46. The summed E-state index contributed by atoms with van der Waals surface area (Å²) in [7, 11) is 0. The first-order chi connectivity index (χ1) is 14.6. The highest BCUT2D eigenvalue weighted by molar-refractivity contribution is 7.95. The molecule has 4 heteroatoms. The number of para-hydroxylation sites is 1. The van der Waals surface area contributed by atoms with Crippen LogP contribution in [-0.2, 0) is 21.8 Å². The smallest absolute Gasteiger partial charge is 0.321 e. The zero-order chi connectivity index (χ0) is 21.1. The van der Waals surface area contributed by atoms with Gasteiger partial charge in [0.25, 0.3) is 0 Å². The summed E-state index contributed by atoms with van der Waals surface area (Å²) in [6.45, 7) is 6.06. The Morgan fingerprint density at radius 1 is 1.03 bits per heavy atom. The number of ether oxygens (including phenoxy) is 1. The normalized spacial score (nSPS) is 13.0. The van der Waals surface area contributed by atoms with Crippen molar-refractivity contribution in [2.45, 2.75) is 44.9 Å². The third kappa shape index (κ3) is 3.97. The van der Waals surface area contributed by atoms with Crippen molar-refractivity contribution in [1.29, 1.82) is 0 Å². The molecule has 0 aromatic heterocycles. The number of benzene rings is 3. The second-order valence-electron chi connectivity index (χ2n) is 7.61. The number of aryl methyl sites for hydroxylation is 1. The van der Waals surface area contributed by atoms with E-state index in [1.165, 1.54) is 22.3 Å². The van der Waals surface area contributed by atoms with Crippen LogP contribution in [0.1, 0.15) is 43.9 Å². The maximum atomic E-state index is 12.2. The summed E-state index contributed by atoms with van der Waals surface area (Å²) in [4.78, 5) is 13.2. The van der Waals surface area contributed by atoms with E-state index < -0.39 is 0 Å². The Morgan fingerprint density at radius 2 is 1.80 bits per heavy atom. The van der Waals surface area contributed by atoms with Gasteiger partial charge >= 0.3 is 5.97 Å². The molecule has 3 nitrogen and oxygen atoms in total. The first-order valence-corrected chi connectivity index (χ1v) is 11.2. The predicted molar refractivity (Wildman–Crippen MR) is 122 cm³/mol. The molecular weight excluding hydrogens is 392 g/mol. The van der Waals surface area contributed by atoms with Crippen LogP contribution in [0.3, 0.4) is 0 Å². The van der Waals surface area contributed by atoms with Gasteiger partial charge in [-0.2, -0.15) is 0 Å². The molecule has 4 rings (SSSR count). The number of hydrogen-bond donors (Lipinski definition) is 0. The van der Waals surface area contributed by atoms with Crippen LogP contribution in [0.15, 0.2) is 65.6 Å². The number of hydrogen-bond acceptors (Lipinski definition) is 4. The molecule has 0 saturated heterocycles. The predicted octanol–water partition coefficient (Wildman–Crippen LogP) is 7.21. The average molecular weight is 419 g/mol. The lowest BCUT2D eigenvalue weighted by Crippen LogP contribution is -2.10. The van der Waals surface area contributed by atoms with Gasteiger partial charge in [-0.15, -0.1) is 0 Å². The molecule has 0 fully saturated rings. The average Bonchev–Trinajstić information content (AvgIpc) is 2.80. The molecule has 1 aliphatic rings. The fourth-order valence-corrected chi connectivity index (χ4v) is 4.45. The van der Waals surface area contributed by atoms with Crippen LogP contribution in [0.4, 0.5) is 0 Å². The highest BCUT2D eigenvalue weighted by atomic mass is 32.2. The number of carbonyl (C=O) groups excluding carboxylic acids is 1. The molecule has 3 aromatic carbocycles. The molecule has 1 unspecified atom stereocenters. The van der Waals surface area contributed by atoms with E-state index in [-0.39, 0.29) is 11.9 Å². The topological polar surface area (TPSA) is 35.5 Å². The molecule has 1 heterocycles. The minimum absolute atomic E-state index is 0.106. The first-order valence-electron chi connectivity index (χ1n) is 10.5. The Bertz CT molecular complexity index is 1070. The van der Waals surface area contributed by atoms with Crippen LogP contribution in [0.5, 0.6) is 11.5 Å². The van der Waals surface area contributed by atoms with Gasteiger partial charge in [0.05, 0.1) is 22.9 Å². The van der Waals surface area contributed by atoms with Crippen LogP contribution in [0.25, 0.3) is 11.1 Å². The molecular formula is C26H26O3S. The second-order valence-corrected chi connectivity index (χ2v) is 8.38. The van der Waals surface area contributed by atoms with Gasteiger partial charge in [-0.1, -0.05) is 63.2 Å². The third-order valence-electron chi connectivity index (χ3n) is 5.68. The Labute approximate surface area is 182 Å². The molecule has 154 valence electrons. The van der Waals surface area contributed by atoms with Gasteiger partial charge in [0.2, 0.25) is 0 Å². The lowest BCUT2D eigenvalue weighted by atomic mass is 9.88. The highest BCUT2D eigenvalue weighted by Crippen LogP contribution is 2.45.